The minimum absolute atomic E-state index is 0.107. The van der Waals surface area contributed by atoms with Crippen molar-refractivity contribution >= 4 is 11.8 Å². The lowest BCUT2D eigenvalue weighted by Crippen LogP contribution is -2.28. The Morgan fingerprint density at radius 1 is 1.35 bits per heavy atom. The molecule has 1 aliphatic rings. The van der Waals surface area contributed by atoms with Crippen molar-refractivity contribution in [1.82, 2.24) is 0 Å². The van der Waals surface area contributed by atoms with Gasteiger partial charge in [0.2, 0.25) is 0 Å². The first-order valence-electron chi connectivity index (χ1n) is 5.43. The van der Waals surface area contributed by atoms with Crippen LogP contribution in [0.15, 0.2) is 24.3 Å². The van der Waals surface area contributed by atoms with Crippen LogP contribution in [-0.4, -0.2) is 17.9 Å². The number of carbonyl (C=O) groups is 2. The molecule has 0 radical (unpaired) electrons. The maximum absolute atomic E-state index is 11.2. The van der Waals surface area contributed by atoms with Gasteiger partial charge in [-0.25, -0.2) is 0 Å². The largest absolute Gasteiger partial charge is 0.448 e. The van der Waals surface area contributed by atoms with Crippen molar-refractivity contribution in [3.8, 4) is 11.8 Å². The normalized spacial score (nSPS) is 19.2. The van der Waals surface area contributed by atoms with E-state index in [1.165, 1.54) is 0 Å². The molecule has 1 aliphatic heterocycles. The van der Waals surface area contributed by atoms with E-state index in [2.05, 4.69) is 11.8 Å². The zero-order chi connectivity index (χ0) is 12.3. The number of rotatable bonds is 0. The van der Waals surface area contributed by atoms with Gasteiger partial charge in [0.25, 0.3) is 0 Å². The first-order chi connectivity index (χ1) is 8.13. The van der Waals surface area contributed by atoms with Gasteiger partial charge in [-0.2, -0.15) is 0 Å². The zero-order valence-corrected chi connectivity index (χ0v) is 9.53. The summed E-state index contributed by atoms with van der Waals surface area (Å²) in [6.07, 6.45) is -0.517. The Hall–Kier alpha value is -2.08. The van der Waals surface area contributed by atoms with E-state index >= 15 is 0 Å². The molecule has 1 heterocycles. The highest BCUT2D eigenvalue weighted by Crippen LogP contribution is 2.10. The summed E-state index contributed by atoms with van der Waals surface area (Å²) >= 11 is 0. The SMILES string of the molecule is Cc1cccc(C#CC2CC(=O)CC(=O)O2)c1. The lowest BCUT2D eigenvalue weighted by molar-refractivity contribution is -0.154. The Morgan fingerprint density at radius 3 is 2.88 bits per heavy atom. The van der Waals surface area contributed by atoms with E-state index in [1.807, 2.05) is 31.2 Å². The molecule has 1 fully saturated rings. The lowest BCUT2D eigenvalue weighted by Gasteiger charge is -2.16. The third kappa shape index (κ3) is 3.18. The van der Waals surface area contributed by atoms with Crippen LogP contribution in [0.25, 0.3) is 0 Å². The minimum Gasteiger partial charge on any atom is -0.448 e. The van der Waals surface area contributed by atoms with Crippen LogP contribution in [-0.2, 0) is 14.3 Å². The lowest BCUT2D eigenvalue weighted by atomic mass is 10.1. The van der Waals surface area contributed by atoms with Crippen LogP contribution in [0.3, 0.4) is 0 Å². The van der Waals surface area contributed by atoms with E-state index in [0.717, 1.165) is 11.1 Å². The molecule has 1 atom stereocenters. The van der Waals surface area contributed by atoms with Gasteiger partial charge in [-0.15, -0.1) is 0 Å². The summed E-state index contributed by atoms with van der Waals surface area (Å²) in [6, 6.07) is 7.72. The second-order valence-corrected chi connectivity index (χ2v) is 4.04. The molecule has 1 aromatic carbocycles. The van der Waals surface area contributed by atoms with E-state index in [1.54, 1.807) is 0 Å². The van der Waals surface area contributed by atoms with Crippen LogP contribution in [0.4, 0.5) is 0 Å². The van der Waals surface area contributed by atoms with Crippen LogP contribution < -0.4 is 0 Å². The molecule has 0 N–H and O–H groups in total. The molecule has 3 heteroatoms. The number of aryl methyl sites for hydroxylation is 1. The first kappa shape index (κ1) is 11.4. The van der Waals surface area contributed by atoms with Gasteiger partial charge in [0.05, 0.1) is 6.42 Å². The molecule has 0 spiro atoms. The number of ketones is 1. The summed E-state index contributed by atoms with van der Waals surface area (Å²) in [7, 11) is 0. The molecule has 0 amide bonds. The van der Waals surface area contributed by atoms with E-state index in [4.69, 9.17) is 4.74 Å². The Bertz CT molecular complexity index is 504. The number of ether oxygens (including phenoxy) is 1. The molecule has 0 aliphatic carbocycles. The van der Waals surface area contributed by atoms with Crippen LogP contribution in [0.1, 0.15) is 24.0 Å². The average Bonchev–Trinajstić information content (AvgIpc) is 2.25. The van der Waals surface area contributed by atoms with Crippen molar-refractivity contribution in [2.24, 2.45) is 0 Å². The topological polar surface area (TPSA) is 43.4 Å². The molecule has 0 saturated carbocycles. The molecule has 0 bridgehead atoms. The van der Waals surface area contributed by atoms with E-state index in [0.29, 0.717) is 0 Å². The van der Waals surface area contributed by atoms with Crippen LogP contribution in [0.2, 0.25) is 0 Å². The molecule has 3 nitrogen and oxygen atoms in total. The molecule has 1 saturated heterocycles. The Kier molecular flexibility index (Phi) is 3.24. The molecule has 1 aromatic rings. The zero-order valence-electron chi connectivity index (χ0n) is 9.53. The van der Waals surface area contributed by atoms with Gasteiger partial charge in [-0.05, 0) is 24.6 Å². The summed E-state index contributed by atoms with van der Waals surface area (Å²) in [5, 5.41) is 0. The molecular weight excluding hydrogens is 216 g/mol. The van der Waals surface area contributed by atoms with Crippen LogP contribution in [0.5, 0.6) is 0 Å². The number of carbonyl (C=O) groups excluding carboxylic acids is 2. The monoisotopic (exact) mass is 228 g/mol. The highest BCUT2D eigenvalue weighted by Gasteiger charge is 2.24. The highest BCUT2D eigenvalue weighted by atomic mass is 16.5. The molecule has 17 heavy (non-hydrogen) atoms. The fourth-order valence-electron chi connectivity index (χ4n) is 1.65. The van der Waals surface area contributed by atoms with Gasteiger partial charge < -0.3 is 4.74 Å². The Balaban J connectivity index is 2.11. The summed E-state index contributed by atoms with van der Waals surface area (Å²) in [5.41, 5.74) is 1.98. The van der Waals surface area contributed by atoms with Crippen molar-refractivity contribution < 1.29 is 14.3 Å². The van der Waals surface area contributed by atoms with Crippen LogP contribution in [0, 0.1) is 18.8 Å². The molecule has 86 valence electrons. The maximum atomic E-state index is 11.2. The molecule has 1 unspecified atom stereocenters. The highest BCUT2D eigenvalue weighted by molar-refractivity contribution is 5.98. The van der Waals surface area contributed by atoms with Crippen molar-refractivity contribution in [2.45, 2.75) is 25.9 Å². The van der Waals surface area contributed by atoms with Crippen molar-refractivity contribution in [3.05, 3.63) is 35.4 Å². The number of esters is 1. The van der Waals surface area contributed by atoms with Crippen molar-refractivity contribution in [1.29, 1.82) is 0 Å². The fourth-order valence-corrected chi connectivity index (χ4v) is 1.65. The smallest absolute Gasteiger partial charge is 0.314 e. The van der Waals surface area contributed by atoms with E-state index < -0.39 is 12.1 Å². The van der Waals surface area contributed by atoms with Gasteiger partial charge in [0.1, 0.15) is 12.2 Å². The van der Waals surface area contributed by atoms with Gasteiger partial charge in [0.15, 0.2) is 6.10 Å². The van der Waals surface area contributed by atoms with Gasteiger partial charge >= 0.3 is 5.97 Å². The second kappa shape index (κ2) is 4.84. The number of cyclic esters (lactones) is 1. The number of hydrogen-bond acceptors (Lipinski definition) is 3. The van der Waals surface area contributed by atoms with Crippen LogP contribution >= 0.6 is 0 Å². The first-order valence-corrected chi connectivity index (χ1v) is 5.43. The quantitative estimate of drug-likeness (QED) is 0.385. The second-order valence-electron chi connectivity index (χ2n) is 4.04. The summed E-state index contributed by atoms with van der Waals surface area (Å²) in [4.78, 5) is 22.2. The van der Waals surface area contributed by atoms with Gasteiger partial charge in [-0.1, -0.05) is 24.0 Å². The predicted octanol–water partition coefficient (Wildman–Crippen LogP) is 1.62. The predicted molar refractivity (Wildman–Crippen MR) is 62.2 cm³/mol. The number of Topliss-reactive ketones (excluding diaryl/α,β-unsaturated/α-hetero) is 1. The Morgan fingerprint density at radius 2 is 2.18 bits per heavy atom. The van der Waals surface area contributed by atoms with Crippen molar-refractivity contribution in [3.63, 3.8) is 0 Å². The van der Waals surface area contributed by atoms with E-state index in [-0.39, 0.29) is 18.6 Å². The van der Waals surface area contributed by atoms with E-state index in [9.17, 15) is 9.59 Å². The third-order valence-electron chi connectivity index (χ3n) is 2.42. The summed E-state index contributed by atoms with van der Waals surface area (Å²) in [6.45, 7) is 1.98. The standard InChI is InChI=1S/C14H12O3/c1-10-3-2-4-11(7-10)5-6-13-8-12(15)9-14(16)17-13/h2-4,7,13H,8-9H2,1H3. The summed E-state index contributed by atoms with van der Waals surface area (Å²) < 4.78 is 4.98. The number of benzene rings is 1. The summed E-state index contributed by atoms with van der Waals surface area (Å²) in [5.74, 6) is 5.14. The number of hydrogen-bond donors (Lipinski definition) is 0. The average molecular weight is 228 g/mol. The maximum Gasteiger partial charge on any atom is 0.314 e. The van der Waals surface area contributed by atoms with Crippen molar-refractivity contribution in [2.75, 3.05) is 0 Å². The fraction of sp³-hybridized carbons (Fsp3) is 0.286. The van der Waals surface area contributed by atoms with Gasteiger partial charge in [-0.3, -0.25) is 9.59 Å². The third-order valence-corrected chi connectivity index (χ3v) is 2.42. The minimum atomic E-state index is -0.593. The Labute approximate surface area is 99.8 Å². The van der Waals surface area contributed by atoms with Gasteiger partial charge in [0, 0.05) is 5.56 Å². The molecule has 0 aromatic heterocycles. The molecular formula is C14H12O3. The molecule has 2 rings (SSSR count).